The molecule has 2 heteroatoms. The molecular formula is C6H10BrN. The lowest BCUT2D eigenvalue weighted by Gasteiger charge is -2.07. The molecule has 46 valence electrons. The Balaban J connectivity index is 2.16. The van der Waals surface area contributed by atoms with E-state index in [9.17, 15) is 0 Å². The summed E-state index contributed by atoms with van der Waals surface area (Å²) in [6, 6.07) is 0.806. The molecule has 0 radical (unpaired) electrons. The average Bonchev–Trinajstić information content (AvgIpc) is 2.29. The van der Waals surface area contributed by atoms with Crippen LogP contribution in [0, 0.1) is 5.92 Å². The van der Waals surface area contributed by atoms with Crippen molar-refractivity contribution in [1.29, 1.82) is 0 Å². The van der Waals surface area contributed by atoms with E-state index in [1.54, 1.807) is 0 Å². The third-order valence-electron chi connectivity index (χ3n) is 2.33. The van der Waals surface area contributed by atoms with E-state index in [-0.39, 0.29) is 0 Å². The van der Waals surface area contributed by atoms with Crippen LogP contribution in [0.1, 0.15) is 12.8 Å². The maximum atomic E-state index is 3.67. The van der Waals surface area contributed by atoms with E-state index in [2.05, 4.69) is 21.2 Å². The Kier molecular flexibility index (Phi) is 1.12. The van der Waals surface area contributed by atoms with Gasteiger partial charge in [-0.2, -0.15) is 0 Å². The Morgan fingerprint density at radius 2 is 2.25 bits per heavy atom. The fraction of sp³-hybridized carbons (Fsp3) is 1.00. The quantitative estimate of drug-likeness (QED) is 0.545. The van der Waals surface area contributed by atoms with Gasteiger partial charge >= 0.3 is 0 Å². The molecule has 0 spiro atoms. The van der Waals surface area contributed by atoms with Gasteiger partial charge in [0.05, 0.1) is 0 Å². The zero-order valence-corrected chi connectivity index (χ0v) is 6.32. The van der Waals surface area contributed by atoms with Gasteiger partial charge in [0, 0.05) is 10.9 Å². The summed E-state index contributed by atoms with van der Waals surface area (Å²) in [6.45, 7) is 1.25. The Labute approximate surface area is 58.0 Å². The number of fused-ring (bicyclic) bond motifs is 2. The van der Waals surface area contributed by atoms with Crippen LogP contribution in [0.3, 0.4) is 0 Å². The van der Waals surface area contributed by atoms with Gasteiger partial charge in [0.1, 0.15) is 0 Å². The Morgan fingerprint density at radius 3 is 2.38 bits per heavy atom. The van der Waals surface area contributed by atoms with Gasteiger partial charge in [0.25, 0.3) is 0 Å². The van der Waals surface area contributed by atoms with E-state index in [1.165, 1.54) is 19.4 Å². The van der Waals surface area contributed by atoms with Gasteiger partial charge in [-0.3, -0.25) is 0 Å². The first kappa shape index (κ1) is 5.24. The molecule has 0 amide bonds. The van der Waals surface area contributed by atoms with Gasteiger partial charge in [0.15, 0.2) is 0 Å². The number of alkyl halides is 1. The summed E-state index contributed by atoms with van der Waals surface area (Å²) >= 11 is 3.67. The van der Waals surface area contributed by atoms with Gasteiger partial charge in [-0.25, -0.2) is 0 Å². The van der Waals surface area contributed by atoms with Crippen molar-refractivity contribution in [2.45, 2.75) is 23.7 Å². The molecular weight excluding hydrogens is 166 g/mol. The lowest BCUT2D eigenvalue weighted by molar-refractivity contribution is 0.504. The van der Waals surface area contributed by atoms with E-state index >= 15 is 0 Å². The van der Waals surface area contributed by atoms with Crippen LogP contribution < -0.4 is 5.32 Å². The van der Waals surface area contributed by atoms with E-state index in [0.717, 1.165) is 16.8 Å². The van der Waals surface area contributed by atoms with E-state index in [0.29, 0.717) is 0 Å². The normalized spacial score (nSPS) is 52.9. The lowest BCUT2D eigenvalue weighted by Crippen LogP contribution is -2.25. The fourth-order valence-corrected chi connectivity index (χ4v) is 2.68. The molecule has 3 atom stereocenters. The number of hydrogen-bond donors (Lipinski definition) is 1. The van der Waals surface area contributed by atoms with Crippen LogP contribution in [0.5, 0.6) is 0 Å². The molecule has 1 saturated carbocycles. The molecule has 1 aliphatic heterocycles. The van der Waals surface area contributed by atoms with Crippen molar-refractivity contribution in [2.75, 3.05) is 6.54 Å². The summed E-state index contributed by atoms with van der Waals surface area (Å²) < 4.78 is 0. The first-order valence-electron chi connectivity index (χ1n) is 3.25. The molecule has 2 fully saturated rings. The summed E-state index contributed by atoms with van der Waals surface area (Å²) in [7, 11) is 0. The van der Waals surface area contributed by atoms with Crippen molar-refractivity contribution < 1.29 is 0 Å². The summed E-state index contributed by atoms with van der Waals surface area (Å²) in [4.78, 5) is 0.794. The Hall–Kier alpha value is 0.440. The SMILES string of the molecule is BrC1[C@@H]2CC[C@H]1NC2. The summed E-state index contributed by atoms with van der Waals surface area (Å²) in [6.07, 6.45) is 2.83. The third-order valence-corrected chi connectivity index (χ3v) is 3.71. The molecule has 0 aromatic heterocycles. The highest BCUT2D eigenvalue weighted by atomic mass is 79.9. The predicted molar refractivity (Wildman–Crippen MR) is 37.2 cm³/mol. The van der Waals surface area contributed by atoms with E-state index in [4.69, 9.17) is 0 Å². The molecule has 1 heterocycles. The maximum Gasteiger partial charge on any atom is 0.0339 e. The van der Waals surface area contributed by atoms with E-state index < -0.39 is 0 Å². The second-order valence-corrected chi connectivity index (χ2v) is 3.85. The standard InChI is InChI=1S/C6H10BrN/c7-6-4-1-2-5(6)8-3-4/h4-6,8H,1-3H2/t4-,5-,6?/m1/s1. The van der Waals surface area contributed by atoms with E-state index in [1.807, 2.05) is 0 Å². The van der Waals surface area contributed by atoms with Crippen LogP contribution in [-0.2, 0) is 0 Å². The second-order valence-electron chi connectivity index (χ2n) is 2.80. The Morgan fingerprint density at radius 1 is 1.38 bits per heavy atom. The van der Waals surface area contributed by atoms with Crippen LogP contribution in [-0.4, -0.2) is 17.4 Å². The highest BCUT2D eigenvalue weighted by Crippen LogP contribution is 2.36. The summed E-state index contributed by atoms with van der Waals surface area (Å²) in [5.74, 6) is 0.944. The van der Waals surface area contributed by atoms with Crippen molar-refractivity contribution in [3.8, 4) is 0 Å². The number of nitrogens with one attached hydrogen (secondary N) is 1. The number of hydrogen-bond acceptors (Lipinski definition) is 1. The van der Waals surface area contributed by atoms with Crippen molar-refractivity contribution in [2.24, 2.45) is 5.92 Å². The maximum absolute atomic E-state index is 3.67. The summed E-state index contributed by atoms with van der Waals surface area (Å²) in [5, 5.41) is 3.46. The van der Waals surface area contributed by atoms with Crippen molar-refractivity contribution in [1.82, 2.24) is 5.32 Å². The Bertz CT molecular complexity index is 84.7. The predicted octanol–water partition coefficient (Wildman–Crippen LogP) is 1.13. The largest absolute Gasteiger partial charge is 0.313 e. The van der Waals surface area contributed by atoms with Gasteiger partial charge in [0.2, 0.25) is 0 Å². The molecule has 2 bridgehead atoms. The molecule has 1 N–H and O–H groups in total. The van der Waals surface area contributed by atoms with Crippen LogP contribution in [0.25, 0.3) is 0 Å². The van der Waals surface area contributed by atoms with Crippen LogP contribution >= 0.6 is 15.9 Å². The number of halogens is 1. The number of piperidine rings is 1. The minimum Gasteiger partial charge on any atom is -0.313 e. The van der Waals surface area contributed by atoms with Gasteiger partial charge in [-0.05, 0) is 25.3 Å². The lowest BCUT2D eigenvalue weighted by atomic mass is 10.1. The van der Waals surface area contributed by atoms with Crippen molar-refractivity contribution >= 4 is 15.9 Å². The van der Waals surface area contributed by atoms with Gasteiger partial charge in [-0.15, -0.1) is 0 Å². The molecule has 0 aromatic rings. The van der Waals surface area contributed by atoms with Crippen molar-refractivity contribution in [3.63, 3.8) is 0 Å². The third kappa shape index (κ3) is 0.560. The zero-order valence-electron chi connectivity index (χ0n) is 4.73. The molecule has 0 aromatic carbocycles. The van der Waals surface area contributed by atoms with Crippen LogP contribution in [0.15, 0.2) is 0 Å². The average molecular weight is 176 g/mol. The highest BCUT2D eigenvalue weighted by molar-refractivity contribution is 9.09. The molecule has 1 unspecified atom stereocenters. The van der Waals surface area contributed by atoms with Gasteiger partial charge in [-0.1, -0.05) is 15.9 Å². The van der Waals surface area contributed by atoms with Crippen LogP contribution in [0.4, 0.5) is 0 Å². The first-order valence-corrected chi connectivity index (χ1v) is 4.17. The molecule has 1 saturated heterocycles. The smallest absolute Gasteiger partial charge is 0.0339 e. The zero-order chi connectivity index (χ0) is 5.56. The second kappa shape index (κ2) is 1.71. The fourth-order valence-electron chi connectivity index (χ4n) is 1.77. The minimum atomic E-state index is 0.794. The minimum absolute atomic E-state index is 0.794. The van der Waals surface area contributed by atoms with Crippen molar-refractivity contribution in [3.05, 3.63) is 0 Å². The van der Waals surface area contributed by atoms with Crippen LogP contribution in [0.2, 0.25) is 0 Å². The molecule has 2 rings (SSSR count). The molecule has 1 aliphatic carbocycles. The monoisotopic (exact) mass is 175 g/mol. The summed E-state index contributed by atoms with van der Waals surface area (Å²) in [5.41, 5.74) is 0. The van der Waals surface area contributed by atoms with Gasteiger partial charge < -0.3 is 5.32 Å². The molecule has 2 aliphatic rings. The number of rotatable bonds is 0. The topological polar surface area (TPSA) is 12.0 Å². The molecule has 8 heavy (non-hydrogen) atoms. The highest BCUT2D eigenvalue weighted by Gasteiger charge is 2.39. The first-order chi connectivity index (χ1) is 3.88. The molecule has 1 nitrogen and oxygen atoms in total.